The van der Waals surface area contributed by atoms with E-state index in [1.165, 1.54) is 11.3 Å². The molecular weight excluding hydrogens is 170 g/mol. The van der Waals surface area contributed by atoms with Crippen LogP contribution in [-0.4, -0.2) is 11.3 Å². The molecule has 0 aliphatic carbocycles. The van der Waals surface area contributed by atoms with Gasteiger partial charge in [-0.05, 0) is 6.42 Å². The quantitative estimate of drug-likeness (QED) is 0.674. The Kier molecular flexibility index (Phi) is 2.98. The first-order valence-corrected chi connectivity index (χ1v) is 4.95. The summed E-state index contributed by atoms with van der Waals surface area (Å²) >= 11 is 1.51. The van der Waals surface area contributed by atoms with Crippen LogP contribution in [0, 0.1) is 0 Å². The molecular formula is C9H13NOS. The van der Waals surface area contributed by atoms with Crippen LogP contribution in [0.1, 0.15) is 47.1 Å². The van der Waals surface area contributed by atoms with Gasteiger partial charge in [0.1, 0.15) is 0 Å². The molecule has 1 rings (SSSR count). The van der Waals surface area contributed by atoms with Crippen LogP contribution in [0.15, 0.2) is 0 Å². The van der Waals surface area contributed by atoms with E-state index in [1.807, 2.05) is 6.92 Å². The molecule has 0 unspecified atom stereocenters. The molecule has 2 nitrogen and oxygen atoms in total. The average Bonchev–Trinajstić information content (AvgIpc) is 2.46. The molecule has 66 valence electrons. The number of hydrogen-bond acceptors (Lipinski definition) is 3. The number of rotatable bonds is 3. The fraction of sp³-hybridized carbons (Fsp3) is 0.556. The Morgan fingerprint density at radius 1 is 1.58 bits per heavy atom. The number of aldehydes is 1. The molecule has 0 aliphatic heterocycles. The lowest BCUT2D eigenvalue weighted by molar-refractivity contribution is 0.112. The average molecular weight is 183 g/mol. The van der Waals surface area contributed by atoms with Crippen molar-refractivity contribution < 1.29 is 4.79 Å². The standard InChI is InChI=1S/C9H13NOS/c1-4-7-8(5-11)12-9(10-7)6(2)3/h5-6H,4H2,1-3H3. The predicted octanol–water partition coefficient (Wildman–Crippen LogP) is 2.64. The Labute approximate surface area is 76.6 Å². The highest BCUT2D eigenvalue weighted by atomic mass is 32.1. The van der Waals surface area contributed by atoms with Crippen molar-refractivity contribution in [3.63, 3.8) is 0 Å². The minimum absolute atomic E-state index is 0.425. The third-order valence-corrected chi connectivity index (χ3v) is 3.00. The maximum absolute atomic E-state index is 10.6. The van der Waals surface area contributed by atoms with E-state index in [0.717, 1.165) is 28.3 Å². The molecule has 0 N–H and O–H groups in total. The topological polar surface area (TPSA) is 30.0 Å². The van der Waals surface area contributed by atoms with Crippen molar-refractivity contribution in [3.05, 3.63) is 15.6 Å². The van der Waals surface area contributed by atoms with Crippen molar-refractivity contribution in [2.45, 2.75) is 33.1 Å². The summed E-state index contributed by atoms with van der Waals surface area (Å²) in [5.41, 5.74) is 0.943. The van der Waals surface area contributed by atoms with Crippen LogP contribution in [-0.2, 0) is 6.42 Å². The highest BCUT2D eigenvalue weighted by Crippen LogP contribution is 2.23. The van der Waals surface area contributed by atoms with Gasteiger partial charge >= 0.3 is 0 Å². The third kappa shape index (κ3) is 1.72. The summed E-state index contributed by atoms with van der Waals surface area (Å²) in [6, 6.07) is 0. The predicted molar refractivity (Wildman–Crippen MR) is 51.0 cm³/mol. The number of aryl methyl sites for hydroxylation is 1. The number of carbonyl (C=O) groups is 1. The van der Waals surface area contributed by atoms with Crippen molar-refractivity contribution in [3.8, 4) is 0 Å². The number of hydrogen-bond donors (Lipinski definition) is 0. The Morgan fingerprint density at radius 2 is 2.25 bits per heavy atom. The molecule has 3 heteroatoms. The summed E-state index contributed by atoms with van der Waals surface area (Å²) in [4.78, 5) is 15.8. The van der Waals surface area contributed by atoms with E-state index in [2.05, 4.69) is 18.8 Å². The summed E-state index contributed by atoms with van der Waals surface area (Å²) in [5.74, 6) is 0.425. The lowest BCUT2D eigenvalue weighted by atomic mass is 10.2. The molecule has 0 saturated carbocycles. The van der Waals surface area contributed by atoms with Crippen LogP contribution in [0.3, 0.4) is 0 Å². The minimum Gasteiger partial charge on any atom is -0.297 e. The second kappa shape index (κ2) is 3.81. The molecule has 0 aliphatic rings. The first-order chi connectivity index (χ1) is 5.69. The van der Waals surface area contributed by atoms with E-state index in [0.29, 0.717) is 5.92 Å². The zero-order chi connectivity index (χ0) is 9.14. The van der Waals surface area contributed by atoms with Gasteiger partial charge in [0.2, 0.25) is 0 Å². The lowest BCUT2D eigenvalue weighted by Gasteiger charge is -1.95. The Bertz CT molecular complexity index is 278. The lowest BCUT2D eigenvalue weighted by Crippen LogP contribution is -1.88. The monoisotopic (exact) mass is 183 g/mol. The zero-order valence-electron chi connectivity index (χ0n) is 7.63. The van der Waals surface area contributed by atoms with Crippen molar-refractivity contribution in [2.75, 3.05) is 0 Å². The molecule has 0 aromatic carbocycles. The Balaban J connectivity index is 3.05. The normalized spacial score (nSPS) is 10.7. The van der Waals surface area contributed by atoms with Crippen LogP contribution >= 0.6 is 11.3 Å². The maximum atomic E-state index is 10.6. The van der Waals surface area contributed by atoms with Gasteiger partial charge in [-0.3, -0.25) is 4.79 Å². The molecule has 0 spiro atoms. The molecule has 1 aromatic heterocycles. The van der Waals surface area contributed by atoms with Crippen LogP contribution in [0.25, 0.3) is 0 Å². The highest BCUT2D eigenvalue weighted by Gasteiger charge is 2.10. The molecule has 1 aromatic rings. The van der Waals surface area contributed by atoms with Gasteiger partial charge < -0.3 is 0 Å². The summed E-state index contributed by atoms with van der Waals surface area (Å²) < 4.78 is 0. The summed E-state index contributed by atoms with van der Waals surface area (Å²) in [5, 5.41) is 1.06. The van der Waals surface area contributed by atoms with E-state index in [-0.39, 0.29) is 0 Å². The highest BCUT2D eigenvalue weighted by molar-refractivity contribution is 7.13. The molecule has 0 fully saturated rings. The van der Waals surface area contributed by atoms with Crippen LogP contribution in [0.2, 0.25) is 0 Å². The van der Waals surface area contributed by atoms with Crippen molar-refractivity contribution in [2.24, 2.45) is 0 Å². The van der Waals surface area contributed by atoms with E-state index in [4.69, 9.17) is 0 Å². The number of aromatic nitrogens is 1. The molecule has 0 amide bonds. The summed E-state index contributed by atoms with van der Waals surface area (Å²) in [6.07, 6.45) is 1.75. The fourth-order valence-electron chi connectivity index (χ4n) is 0.975. The first-order valence-electron chi connectivity index (χ1n) is 4.13. The fourth-order valence-corrected chi connectivity index (χ4v) is 1.95. The zero-order valence-corrected chi connectivity index (χ0v) is 8.44. The van der Waals surface area contributed by atoms with Gasteiger partial charge in [-0.2, -0.15) is 0 Å². The molecule has 0 radical (unpaired) electrons. The smallest absolute Gasteiger partial charge is 0.161 e. The second-order valence-corrected chi connectivity index (χ2v) is 4.05. The van der Waals surface area contributed by atoms with Gasteiger partial charge in [0.25, 0.3) is 0 Å². The number of carbonyl (C=O) groups excluding carboxylic acids is 1. The molecule has 0 atom stereocenters. The van der Waals surface area contributed by atoms with Gasteiger partial charge in [0.05, 0.1) is 15.6 Å². The van der Waals surface area contributed by atoms with E-state index in [9.17, 15) is 4.79 Å². The van der Waals surface area contributed by atoms with Gasteiger partial charge in [0, 0.05) is 5.92 Å². The van der Waals surface area contributed by atoms with Crippen LogP contribution in [0.4, 0.5) is 0 Å². The largest absolute Gasteiger partial charge is 0.297 e. The summed E-state index contributed by atoms with van der Waals surface area (Å²) in [7, 11) is 0. The third-order valence-electron chi connectivity index (χ3n) is 1.68. The SMILES string of the molecule is CCc1nc(C(C)C)sc1C=O. The van der Waals surface area contributed by atoms with Gasteiger partial charge in [-0.25, -0.2) is 4.98 Å². The first kappa shape index (κ1) is 9.39. The van der Waals surface area contributed by atoms with Crippen molar-refractivity contribution >= 4 is 17.6 Å². The van der Waals surface area contributed by atoms with Gasteiger partial charge in [0.15, 0.2) is 6.29 Å². The molecule has 0 saturated heterocycles. The molecule has 12 heavy (non-hydrogen) atoms. The summed E-state index contributed by atoms with van der Waals surface area (Å²) in [6.45, 7) is 6.20. The maximum Gasteiger partial charge on any atom is 0.161 e. The van der Waals surface area contributed by atoms with E-state index < -0.39 is 0 Å². The van der Waals surface area contributed by atoms with Gasteiger partial charge in [-0.15, -0.1) is 11.3 Å². The van der Waals surface area contributed by atoms with Crippen LogP contribution in [0.5, 0.6) is 0 Å². The van der Waals surface area contributed by atoms with E-state index in [1.54, 1.807) is 0 Å². The minimum atomic E-state index is 0.425. The molecule has 1 heterocycles. The number of thiazole rings is 1. The van der Waals surface area contributed by atoms with Crippen molar-refractivity contribution in [1.82, 2.24) is 4.98 Å². The van der Waals surface area contributed by atoms with Gasteiger partial charge in [-0.1, -0.05) is 20.8 Å². The number of nitrogens with zero attached hydrogens (tertiary/aromatic N) is 1. The van der Waals surface area contributed by atoms with Crippen molar-refractivity contribution in [1.29, 1.82) is 0 Å². The van der Waals surface area contributed by atoms with E-state index >= 15 is 0 Å². The second-order valence-electron chi connectivity index (χ2n) is 2.99. The van der Waals surface area contributed by atoms with Crippen LogP contribution < -0.4 is 0 Å². The Hall–Kier alpha value is -0.700. The molecule has 0 bridgehead atoms. The Morgan fingerprint density at radius 3 is 2.58 bits per heavy atom.